The van der Waals surface area contributed by atoms with Crippen LogP contribution in [-0.4, -0.2) is 57.6 Å². The molecule has 9 heteroatoms. The van der Waals surface area contributed by atoms with E-state index in [9.17, 15) is 8.42 Å². The van der Waals surface area contributed by atoms with Crippen molar-refractivity contribution in [2.45, 2.75) is 51.5 Å². The Morgan fingerprint density at radius 3 is 2.54 bits per heavy atom. The molecule has 0 radical (unpaired) electrons. The van der Waals surface area contributed by atoms with Crippen molar-refractivity contribution in [1.29, 1.82) is 0 Å². The summed E-state index contributed by atoms with van der Waals surface area (Å²) in [7, 11) is -1.05. The van der Waals surface area contributed by atoms with Crippen molar-refractivity contribution in [3.8, 4) is 11.4 Å². The highest BCUT2D eigenvalue weighted by molar-refractivity contribution is 7.88. The largest absolute Gasteiger partial charge is 0.351 e. The average Bonchev–Trinajstić information content (AvgIpc) is 2.99. The van der Waals surface area contributed by atoms with Crippen molar-refractivity contribution in [3.05, 3.63) is 23.3 Å². The molecule has 0 bridgehead atoms. The fraction of sp³-hybridized carbons (Fsp3) is 0.632. The summed E-state index contributed by atoms with van der Waals surface area (Å²) in [5.74, 6) is 2.05. The summed E-state index contributed by atoms with van der Waals surface area (Å²) in [5.41, 5.74) is 4.34. The normalized spacial score (nSPS) is 18.2. The highest BCUT2D eigenvalue weighted by Gasteiger charge is 2.28. The van der Waals surface area contributed by atoms with E-state index in [0.717, 1.165) is 54.2 Å². The van der Waals surface area contributed by atoms with Gasteiger partial charge in [-0.2, -0.15) is 0 Å². The Morgan fingerprint density at radius 1 is 1.18 bits per heavy atom. The Kier molecular flexibility index (Phi) is 4.91. The maximum atomic E-state index is 11.7. The Balaban J connectivity index is 1.56. The molecule has 3 heterocycles. The summed E-state index contributed by atoms with van der Waals surface area (Å²) >= 11 is 0. The molecule has 152 valence electrons. The first-order valence-electron chi connectivity index (χ1n) is 9.87. The van der Waals surface area contributed by atoms with E-state index in [1.54, 1.807) is 0 Å². The zero-order valence-corrected chi connectivity index (χ0v) is 17.8. The van der Waals surface area contributed by atoms with Gasteiger partial charge in [-0.25, -0.2) is 27.7 Å². The van der Waals surface area contributed by atoms with E-state index in [4.69, 9.17) is 9.97 Å². The van der Waals surface area contributed by atoms with Crippen molar-refractivity contribution < 1.29 is 8.42 Å². The van der Waals surface area contributed by atoms with Gasteiger partial charge < -0.3 is 9.88 Å². The van der Waals surface area contributed by atoms with Crippen LogP contribution < -0.4 is 5.32 Å². The number of hydrogen-bond donors (Lipinski definition) is 1. The number of aryl methyl sites for hydroxylation is 2. The monoisotopic (exact) mass is 404 g/mol. The number of sulfonamides is 1. The van der Waals surface area contributed by atoms with Gasteiger partial charge in [0, 0.05) is 38.3 Å². The van der Waals surface area contributed by atoms with Gasteiger partial charge in [-0.05, 0) is 31.2 Å². The van der Waals surface area contributed by atoms with Gasteiger partial charge in [-0.1, -0.05) is 13.8 Å². The molecule has 1 N–H and O–H groups in total. The molecule has 4 rings (SSSR count). The van der Waals surface area contributed by atoms with Gasteiger partial charge in [0.1, 0.15) is 5.82 Å². The number of rotatable bonds is 4. The molecule has 1 aliphatic carbocycles. The van der Waals surface area contributed by atoms with E-state index in [1.807, 2.05) is 6.20 Å². The molecule has 2 aromatic heterocycles. The smallest absolute Gasteiger partial charge is 0.223 e. The second-order valence-electron chi connectivity index (χ2n) is 8.13. The minimum atomic E-state index is -3.11. The number of anilines is 1. The summed E-state index contributed by atoms with van der Waals surface area (Å²) in [5, 5.41) is 3.41. The van der Waals surface area contributed by atoms with Crippen molar-refractivity contribution in [3.63, 3.8) is 0 Å². The first-order valence-corrected chi connectivity index (χ1v) is 11.7. The molecule has 0 aromatic carbocycles. The molecule has 1 aliphatic heterocycles. The number of fused-ring (bicyclic) bond motifs is 3. The third-order valence-electron chi connectivity index (χ3n) is 5.69. The lowest BCUT2D eigenvalue weighted by atomic mass is 9.98. The Labute approximate surface area is 166 Å². The third kappa shape index (κ3) is 3.53. The molecule has 28 heavy (non-hydrogen) atoms. The molecule has 0 saturated carbocycles. The molecule has 8 nitrogen and oxygen atoms in total. The Morgan fingerprint density at radius 2 is 1.89 bits per heavy atom. The van der Waals surface area contributed by atoms with Crippen LogP contribution in [0.3, 0.4) is 0 Å². The van der Waals surface area contributed by atoms with Crippen LogP contribution in [0.5, 0.6) is 0 Å². The number of aromatic nitrogens is 4. The van der Waals surface area contributed by atoms with Gasteiger partial charge in [-0.3, -0.25) is 0 Å². The molecule has 1 saturated heterocycles. The topological polar surface area (TPSA) is 93.0 Å². The second-order valence-corrected chi connectivity index (χ2v) is 10.1. The fourth-order valence-corrected chi connectivity index (χ4v) is 5.07. The van der Waals surface area contributed by atoms with Crippen LogP contribution >= 0.6 is 0 Å². The van der Waals surface area contributed by atoms with Crippen LogP contribution in [0, 0.1) is 0 Å². The summed E-state index contributed by atoms with van der Waals surface area (Å²) in [6, 6.07) is 0.178. The van der Waals surface area contributed by atoms with E-state index < -0.39 is 10.0 Å². The van der Waals surface area contributed by atoms with Gasteiger partial charge >= 0.3 is 0 Å². The van der Waals surface area contributed by atoms with Crippen molar-refractivity contribution >= 4 is 16.0 Å². The average molecular weight is 405 g/mol. The van der Waals surface area contributed by atoms with Crippen LogP contribution in [0.15, 0.2) is 6.20 Å². The number of imidazole rings is 1. The lowest BCUT2D eigenvalue weighted by molar-refractivity contribution is 0.331. The second kappa shape index (κ2) is 7.11. The van der Waals surface area contributed by atoms with Crippen LogP contribution in [0.2, 0.25) is 0 Å². The molecule has 2 aliphatic rings. The van der Waals surface area contributed by atoms with Gasteiger partial charge in [0.25, 0.3) is 0 Å². The summed E-state index contributed by atoms with van der Waals surface area (Å²) in [6.45, 7) is 5.38. The van der Waals surface area contributed by atoms with Gasteiger partial charge in [-0.15, -0.1) is 0 Å². The van der Waals surface area contributed by atoms with E-state index in [-0.39, 0.29) is 6.04 Å². The molecule has 2 aromatic rings. The van der Waals surface area contributed by atoms with E-state index in [1.165, 1.54) is 10.6 Å². The summed E-state index contributed by atoms with van der Waals surface area (Å²) in [6.07, 6.45) is 6.52. The minimum Gasteiger partial charge on any atom is -0.351 e. The van der Waals surface area contributed by atoms with Crippen molar-refractivity contribution in [1.82, 2.24) is 23.8 Å². The maximum absolute atomic E-state index is 11.7. The zero-order chi connectivity index (χ0) is 20.1. The molecule has 0 amide bonds. The van der Waals surface area contributed by atoms with Gasteiger partial charge in [0.15, 0.2) is 0 Å². The van der Waals surface area contributed by atoms with Gasteiger partial charge in [0.05, 0.1) is 23.3 Å². The van der Waals surface area contributed by atoms with Crippen LogP contribution in [0.4, 0.5) is 5.95 Å². The van der Waals surface area contributed by atoms with Crippen LogP contribution in [0.25, 0.3) is 11.4 Å². The summed E-state index contributed by atoms with van der Waals surface area (Å²) in [4.78, 5) is 14.2. The number of nitrogens with one attached hydrogen (secondary N) is 1. The molecule has 0 atom stereocenters. The van der Waals surface area contributed by atoms with E-state index in [0.29, 0.717) is 25.0 Å². The maximum Gasteiger partial charge on any atom is 0.223 e. The predicted octanol–water partition coefficient (Wildman–Crippen LogP) is 1.93. The molecular weight excluding hydrogens is 376 g/mol. The fourth-order valence-electron chi connectivity index (χ4n) is 4.19. The first-order chi connectivity index (χ1) is 13.2. The highest BCUT2D eigenvalue weighted by Crippen LogP contribution is 2.34. The SMILES string of the molecule is CC(C)c1nc2c(n1C)-c1nc(NC3CCN(S(C)(=O)=O)CC3)ncc1CC2. The molecule has 1 fully saturated rings. The molecule has 0 unspecified atom stereocenters. The standard InChI is InChI=1S/C19H28N6O2S/c1-12(2)18-22-15-6-5-13-11-20-19(23-16(13)17(15)24(18)3)21-14-7-9-25(10-8-14)28(4,26)27/h11-12,14H,5-10H2,1-4H3,(H,20,21,23). The van der Waals surface area contributed by atoms with Gasteiger partial charge in [0.2, 0.25) is 16.0 Å². The third-order valence-corrected chi connectivity index (χ3v) is 7.00. The molecular formula is C19H28N6O2S. The Bertz CT molecular complexity index is 990. The number of piperidine rings is 1. The lowest BCUT2D eigenvalue weighted by Gasteiger charge is -2.30. The van der Waals surface area contributed by atoms with Crippen molar-refractivity contribution in [2.75, 3.05) is 24.7 Å². The van der Waals surface area contributed by atoms with E-state index >= 15 is 0 Å². The van der Waals surface area contributed by atoms with Crippen molar-refractivity contribution in [2.24, 2.45) is 7.05 Å². The van der Waals surface area contributed by atoms with Crippen LogP contribution in [0.1, 0.15) is 49.7 Å². The quantitative estimate of drug-likeness (QED) is 0.837. The lowest BCUT2D eigenvalue weighted by Crippen LogP contribution is -2.42. The zero-order valence-electron chi connectivity index (χ0n) is 16.9. The number of nitrogens with zero attached hydrogens (tertiary/aromatic N) is 5. The van der Waals surface area contributed by atoms with E-state index in [2.05, 4.69) is 35.8 Å². The van der Waals surface area contributed by atoms with Crippen LogP contribution in [-0.2, 0) is 29.9 Å². The summed E-state index contributed by atoms with van der Waals surface area (Å²) < 4.78 is 27.1. The first kappa shape index (κ1) is 19.3. The minimum absolute atomic E-state index is 0.178. The predicted molar refractivity (Wildman–Crippen MR) is 109 cm³/mol. The highest BCUT2D eigenvalue weighted by atomic mass is 32.2. The molecule has 0 spiro atoms. The number of hydrogen-bond acceptors (Lipinski definition) is 6. The Hall–Kier alpha value is -2.00.